The van der Waals surface area contributed by atoms with Crippen LogP contribution in [0.5, 0.6) is 0 Å². The molecule has 1 saturated heterocycles. The molecule has 1 fully saturated rings. The number of amides is 2. The minimum Gasteiger partial charge on any atom is -0.300 e. The fraction of sp³-hybridized carbons (Fsp3) is 0.857. The third kappa shape index (κ3) is 2.74. The Morgan fingerprint density at radius 1 is 1.22 bits per heavy atom. The van der Waals surface area contributed by atoms with Gasteiger partial charge in [-0.25, -0.2) is 0 Å². The van der Waals surface area contributed by atoms with Gasteiger partial charge in [-0.1, -0.05) is 20.8 Å². The third-order valence-corrected chi connectivity index (χ3v) is 4.21. The molecule has 1 atom stereocenters. The van der Waals surface area contributed by atoms with Gasteiger partial charge in [0.25, 0.3) is 0 Å². The number of nitrogens with one attached hydrogen (secondary N) is 1. The summed E-state index contributed by atoms with van der Waals surface area (Å²) in [7, 11) is 0. The summed E-state index contributed by atoms with van der Waals surface area (Å²) in [5.41, 5.74) is -0.0202. The summed E-state index contributed by atoms with van der Waals surface area (Å²) in [6.45, 7) is 10.1. The normalized spacial score (nSPS) is 21.2. The van der Waals surface area contributed by atoms with Crippen LogP contribution >= 0.6 is 0 Å². The molecular formula is C14H26N2O2. The van der Waals surface area contributed by atoms with Crippen molar-refractivity contribution in [1.29, 1.82) is 0 Å². The van der Waals surface area contributed by atoms with Gasteiger partial charge < -0.3 is 0 Å². The summed E-state index contributed by atoms with van der Waals surface area (Å²) in [6.07, 6.45) is 3.22. The van der Waals surface area contributed by atoms with Crippen LogP contribution < -0.4 is 5.32 Å². The maximum Gasteiger partial charge on any atom is 0.247 e. The standard InChI is InChI=1S/C14H26N2O2/c1-6-14(7-2,8-3)15-11-9-12(17)16(10(4)5)13(11)18/h10-11,15H,6-9H2,1-5H3. The summed E-state index contributed by atoms with van der Waals surface area (Å²) in [5.74, 6) is -0.112. The van der Waals surface area contributed by atoms with E-state index in [4.69, 9.17) is 0 Å². The number of likely N-dealkylation sites (tertiary alicyclic amines) is 1. The van der Waals surface area contributed by atoms with Crippen LogP contribution in [-0.4, -0.2) is 34.3 Å². The molecule has 0 bridgehead atoms. The quantitative estimate of drug-likeness (QED) is 0.738. The van der Waals surface area contributed by atoms with E-state index in [0.717, 1.165) is 19.3 Å². The van der Waals surface area contributed by atoms with Crippen LogP contribution in [0.1, 0.15) is 60.3 Å². The average molecular weight is 254 g/mol. The lowest BCUT2D eigenvalue weighted by molar-refractivity contribution is -0.140. The third-order valence-electron chi connectivity index (χ3n) is 4.21. The van der Waals surface area contributed by atoms with Crippen molar-refractivity contribution >= 4 is 11.8 Å². The largest absolute Gasteiger partial charge is 0.300 e. The fourth-order valence-corrected chi connectivity index (χ4v) is 2.73. The Bertz CT molecular complexity index is 313. The molecule has 4 heteroatoms. The second-order valence-electron chi connectivity index (χ2n) is 5.44. The number of rotatable bonds is 6. The lowest BCUT2D eigenvalue weighted by Gasteiger charge is -2.34. The van der Waals surface area contributed by atoms with Crippen molar-refractivity contribution in [3.63, 3.8) is 0 Å². The number of nitrogens with zero attached hydrogens (tertiary/aromatic N) is 1. The molecule has 4 nitrogen and oxygen atoms in total. The summed E-state index contributed by atoms with van der Waals surface area (Å²) in [5, 5.41) is 3.43. The maximum absolute atomic E-state index is 12.2. The van der Waals surface area contributed by atoms with Gasteiger partial charge in [-0.15, -0.1) is 0 Å². The lowest BCUT2D eigenvalue weighted by atomic mass is 9.88. The minimum atomic E-state index is -0.334. The van der Waals surface area contributed by atoms with E-state index < -0.39 is 0 Å². The number of carbonyl (C=O) groups excluding carboxylic acids is 2. The van der Waals surface area contributed by atoms with E-state index in [2.05, 4.69) is 26.1 Å². The maximum atomic E-state index is 12.2. The van der Waals surface area contributed by atoms with Gasteiger partial charge in [0.05, 0.1) is 12.5 Å². The molecule has 1 aliphatic heterocycles. The molecular weight excluding hydrogens is 228 g/mol. The van der Waals surface area contributed by atoms with Crippen molar-refractivity contribution < 1.29 is 9.59 Å². The highest BCUT2D eigenvalue weighted by Crippen LogP contribution is 2.24. The Kier molecular flexibility index (Phi) is 4.91. The van der Waals surface area contributed by atoms with Crippen LogP contribution in [0.15, 0.2) is 0 Å². The molecule has 0 aromatic carbocycles. The molecule has 0 aromatic rings. The van der Waals surface area contributed by atoms with Gasteiger partial charge in [-0.2, -0.15) is 0 Å². The van der Waals surface area contributed by atoms with E-state index >= 15 is 0 Å². The Morgan fingerprint density at radius 3 is 2.06 bits per heavy atom. The van der Waals surface area contributed by atoms with Crippen molar-refractivity contribution in [2.45, 2.75) is 77.9 Å². The second-order valence-corrected chi connectivity index (χ2v) is 5.44. The Hall–Kier alpha value is -0.900. The monoisotopic (exact) mass is 254 g/mol. The van der Waals surface area contributed by atoms with Crippen LogP contribution in [-0.2, 0) is 9.59 Å². The smallest absolute Gasteiger partial charge is 0.247 e. The summed E-state index contributed by atoms with van der Waals surface area (Å²) < 4.78 is 0. The second kappa shape index (κ2) is 5.83. The van der Waals surface area contributed by atoms with Gasteiger partial charge in [0, 0.05) is 11.6 Å². The molecule has 1 unspecified atom stereocenters. The topological polar surface area (TPSA) is 49.4 Å². The SMILES string of the molecule is CCC(CC)(CC)NC1CC(=O)N(C(C)C)C1=O. The Labute approximate surface area is 110 Å². The van der Waals surface area contributed by atoms with E-state index in [0.29, 0.717) is 6.42 Å². The first-order chi connectivity index (χ1) is 8.40. The number of hydrogen-bond donors (Lipinski definition) is 1. The summed E-state index contributed by atoms with van der Waals surface area (Å²) in [6, 6.07) is -0.379. The van der Waals surface area contributed by atoms with Crippen LogP contribution in [0.4, 0.5) is 0 Å². The molecule has 0 spiro atoms. The first-order valence-electron chi connectivity index (χ1n) is 7.04. The van der Waals surface area contributed by atoms with E-state index in [-0.39, 0.29) is 29.4 Å². The highest BCUT2D eigenvalue weighted by molar-refractivity contribution is 6.05. The van der Waals surface area contributed by atoms with E-state index in [9.17, 15) is 9.59 Å². The molecule has 1 aliphatic rings. The van der Waals surface area contributed by atoms with E-state index in [1.165, 1.54) is 4.90 Å². The molecule has 2 amide bonds. The van der Waals surface area contributed by atoms with Gasteiger partial charge in [0.2, 0.25) is 11.8 Å². The molecule has 1 N–H and O–H groups in total. The molecule has 104 valence electrons. The first-order valence-corrected chi connectivity index (χ1v) is 7.04. The summed E-state index contributed by atoms with van der Waals surface area (Å²) in [4.78, 5) is 25.5. The highest BCUT2D eigenvalue weighted by atomic mass is 16.2. The number of carbonyl (C=O) groups is 2. The van der Waals surface area contributed by atoms with Crippen LogP contribution in [0.2, 0.25) is 0 Å². The van der Waals surface area contributed by atoms with Crippen LogP contribution in [0.25, 0.3) is 0 Å². The molecule has 0 aliphatic carbocycles. The number of imide groups is 1. The van der Waals surface area contributed by atoms with Gasteiger partial charge in [0.1, 0.15) is 0 Å². The van der Waals surface area contributed by atoms with Gasteiger partial charge >= 0.3 is 0 Å². The van der Waals surface area contributed by atoms with Crippen molar-refractivity contribution in [1.82, 2.24) is 10.2 Å². The van der Waals surface area contributed by atoms with Crippen molar-refractivity contribution in [3.8, 4) is 0 Å². The fourth-order valence-electron chi connectivity index (χ4n) is 2.73. The van der Waals surface area contributed by atoms with Gasteiger partial charge in [0.15, 0.2) is 0 Å². The lowest BCUT2D eigenvalue weighted by Crippen LogP contribution is -2.52. The van der Waals surface area contributed by atoms with Crippen molar-refractivity contribution in [3.05, 3.63) is 0 Å². The summed E-state index contributed by atoms with van der Waals surface area (Å²) >= 11 is 0. The Balaban J connectivity index is 2.81. The van der Waals surface area contributed by atoms with E-state index in [1.807, 2.05) is 13.8 Å². The van der Waals surface area contributed by atoms with Crippen LogP contribution in [0, 0.1) is 0 Å². The predicted molar refractivity (Wildman–Crippen MR) is 72.1 cm³/mol. The molecule has 18 heavy (non-hydrogen) atoms. The van der Waals surface area contributed by atoms with Gasteiger partial charge in [-0.3, -0.25) is 19.8 Å². The van der Waals surface area contributed by atoms with Crippen molar-refractivity contribution in [2.75, 3.05) is 0 Å². The van der Waals surface area contributed by atoms with E-state index in [1.54, 1.807) is 0 Å². The average Bonchev–Trinajstić information content (AvgIpc) is 2.61. The molecule has 1 rings (SSSR count). The zero-order valence-electron chi connectivity index (χ0n) is 12.2. The molecule has 0 aromatic heterocycles. The van der Waals surface area contributed by atoms with Gasteiger partial charge in [-0.05, 0) is 33.1 Å². The first kappa shape index (κ1) is 15.2. The molecule has 1 heterocycles. The Morgan fingerprint density at radius 2 is 1.72 bits per heavy atom. The molecule has 0 radical (unpaired) electrons. The van der Waals surface area contributed by atoms with Crippen LogP contribution in [0.3, 0.4) is 0 Å². The zero-order chi connectivity index (χ0) is 13.9. The highest BCUT2D eigenvalue weighted by Gasteiger charge is 2.42. The predicted octanol–water partition coefficient (Wildman–Crippen LogP) is 2.08. The molecule has 0 saturated carbocycles. The van der Waals surface area contributed by atoms with Crippen molar-refractivity contribution in [2.24, 2.45) is 0 Å². The zero-order valence-corrected chi connectivity index (χ0v) is 12.2. The minimum absolute atomic E-state index is 0.0202. The number of hydrogen-bond acceptors (Lipinski definition) is 3.